The van der Waals surface area contributed by atoms with Crippen LogP contribution in [0.2, 0.25) is 0 Å². The van der Waals surface area contributed by atoms with Crippen molar-refractivity contribution < 1.29 is 9.59 Å². The third kappa shape index (κ3) is 4.89. The smallest absolute Gasteiger partial charge is 0.264 e. The predicted molar refractivity (Wildman–Crippen MR) is 126 cm³/mol. The Kier molecular flexibility index (Phi) is 6.66. The molecule has 4 rings (SSSR count). The van der Waals surface area contributed by atoms with Gasteiger partial charge >= 0.3 is 0 Å². The van der Waals surface area contributed by atoms with Crippen LogP contribution in [0.3, 0.4) is 0 Å². The first-order valence-corrected chi connectivity index (χ1v) is 11.7. The van der Waals surface area contributed by atoms with Gasteiger partial charge in [-0.3, -0.25) is 14.5 Å². The lowest BCUT2D eigenvalue weighted by molar-refractivity contribution is -0.119. The van der Waals surface area contributed by atoms with Crippen molar-refractivity contribution >= 4 is 39.9 Å². The minimum Gasteiger partial charge on any atom is -0.368 e. The quantitative estimate of drug-likeness (QED) is 0.571. The van der Waals surface area contributed by atoms with Gasteiger partial charge in [-0.05, 0) is 29.5 Å². The summed E-state index contributed by atoms with van der Waals surface area (Å²) in [6, 6.07) is 11.0. The molecule has 0 bridgehead atoms. The molecule has 1 aromatic carbocycles. The maximum atomic E-state index is 12.6. The summed E-state index contributed by atoms with van der Waals surface area (Å²) >= 11 is 1.47. The second-order valence-corrected chi connectivity index (χ2v) is 9.27. The van der Waals surface area contributed by atoms with Crippen LogP contribution >= 0.6 is 11.3 Å². The van der Waals surface area contributed by atoms with Crippen LogP contribution in [0, 0.1) is 5.92 Å². The lowest BCUT2D eigenvalue weighted by atomic mass is 10.0. The van der Waals surface area contributed by atoms with Crippen molar-refractivity contribution in [3.8, 4) is 0 Å². The Labute approximate surface area is 191 Å². The van der Waals surface area contributed by atoms with Crippen LogP contribution in [0.5, 0.6) is 0 Å². The number of rotatable bonds is 7. The predicted octanol–water partition coefficient (Wildman–Crippen LogP) is 2.57. The average molecular weight is 453 g/mol. The zero-order valence-corrected chi connectivity index (χ0v) is 19.1. The van der Waals surface area contributed by atoms with E-state index in [0.717, 1.165) is 28.9 Å². The zero-order valence-electron chi connectivity index (χ0n) is 18.3. The second kappa shape index (κ2) is 9.62. The summed E-state index contributed by atoms with van der Waals surface area (Å²) in [5, 5.41) is 6.02. The van der Waals surface area contributed by atoms with E-state index < -0.39 is 11.9 Å². The fraction of sp³-hybridized carbons (Fsp3) is 0.391. The van der Waals surface area contributed by atoms with Crippen molar-refractivity contribution in [2.45, 2.75) is 26.4 Å². The molecule has 0 unspecified atom stereocenters. The van der Waals surface area contributed by atoms with E-state index in [-0.39, 0.29) is 11.8 Å². The van der Waals surface area contributed by atoms with Crippen LogP contribution in [-0.4, -0.2) is 63.8 Å². The molecule has 8 nitrogen and oxygen atoms in total. The van der Waals surface area contributed by atoms with Crippen LogP contribution in [0.15, 0.2) is 41.8 Å². The van der Waals surface area contributed by atoms with Gasteiger partial charge in [0.1, 0.15) is 17.7 Å². The number of aromatic nitrogens is 2. The Morgan fingerprint density at radius 2 is 1.84 bits per heavy atom. The molecule has 0 spiro atoms. The van der Waals surface area contributed by atoms with Gasteiger partial charge in [0.25, 0.3) is 5.91 Å². The first-order valence-electron chi connectivity index (χ1n) is 10.8. The number of thiophene rings is 1. The molecule has 3 N–H and O–H groups in total. The molecule has 32 heavy (non-hydrogen) atoms. The molecular formula is C23H28N6O2S. The number of nitrogens with two attached hydrogens (primary N) is 1. The molecule has 1 aliphatic heterocycles. The van der Waals surface area contributed by atoms with E-state index in [1.165, 1.54) is 11.3 Å². The van der Waals surface area contributed by atoms with Gasteiger partial charge in [-0.25, -0.2) is 9.97 Å². The molecule has 168 valence electrons. The standard InChI is InChI=1S/C23H28N6O2S/c1-15(2)20(21(24)30)27-22-16-6-3-4-7-17(16)25-19(26-22)14-28-9-11-29(12-10-28)23(31)18-8-5-13-32-18/h3-8,13,15,20H,9-12,14H2,1-2H3,(H2,24,30)(H,25,26,27)/t20-/m0/s1. The molecule has 0 saturated carbocycles. The number of hydrogen-bond donors (Lipinski definition) is 2. The summed E-state index contributed by atoms with van der Waals surface area (Å²) in [4.78, 5) is 38.9. The van der Waals surface area contributed by atoms with Crippen molar-refractivity contribution in [3.05, 3.63) is 52.5 Å². The number of amides is 2. The lowest BCUT2D eigenvalue weighted by Gasteiger charge is -2.34. The van der Waals surface area contributed by atoms with Crippen molar-refractivity contribution in [3.63, 3.8) is 0 Å². The number of carbonyl (C=O) groups excluding carboxylic acids is 2. The summed E-state index contributed by atoms with van der Waals surface area (Å²) < 4.78 is 0. The maximum absolute atomic E-state index is 12.6. The minimum atomic E-state index is -0.520. The molecular weight excluding hydrogens is 424 g/mol. The van der Waals surface area contributed by atoms with E-state index in [2.05, 4.69) is 10.2 Å². The van der Waals surface area contributed by atoms with Crippen LogP contribution in [0.4, 0.5) is 5.82 Å². The van der Waals surface area contributed by atoms with Gasteiger partial charge in [0, 0.05) is 31.6 Å². The summed E-state index contributed by atoms with van der Waals surface area (Å²) in [6.45, 7) is 7.33. The van der Waals surface area contributed by atoms with Crippen LogP contribution < -0.4 is 11.1 Å². The number of para-hydroxylation sites is 1. The molecule has 3 aromatic rings. The third-order valence-corrected chi connectivity index (χ3v) is 6.53. The molecule has 1 fully saturated rings. The number of primary amides is 1. The molecule has 1 atom stereocenters. The molecule has 1 aliphatic rings. The van der Waals surface area contributed by atoms with E-state index in [4.69, 9.17) is 15.7 Å². The molecule has 0 aliphatic carbocycles. The van der Waals surface area contributed by atoms with Gasteiger partial charge in [-0.2, -0.15) is 0 Å². The lowest BCUT2D eigenvalue weighted by Crippen LogP contribution is -2.48. The van der Waals surface area contributed by atoms with E-state index in [1.54, 1.807) is 0 Å². The summed E-state index contributed by atoms with van der Waals surface area (Å²) in [5.41, 5.74) is 6.42. The molecule has 1 saturated heterocycles. The normalized spacial score (nSPS) is 15.8. The molecule has 2 aromatic heterocycles. The van der Waals surface area contributed by atoms with E-state index in [9.17, 15) is 9.59 Å². The largest absolute Gasteiger partial charge is 0.368 e. The monoisotopic (exact) mass is 452 g/mol. The highest BCUT2D eigenvalue weighted by atomic mass is 32.1. The fourth-order valence-electron chi connectivity index (χ4n) is 3.88. The first kappa shape index (κ1) is 22.2. The van der Waals surface area contributed by atoms with Crippen LogP contribution in [0.25, 0.3) is 10.9 Å². The van der Waals surface area contributed by atoms with Crippen molar-refractivity contribution in [1.82, 2.24) is 19.8 Å². The maximum Gasteiger partial charge on any atom is 0.264 e. The van der Waals surface area contributed by atoms with Crippen molar-refractivity contribution in [2.75, 3.05) is 31.5 Å². The van der Waals surface area contributed by atoms with E-state index in [0.29, 0.717) is 31.3 Å². The second-order valence-electron chi connectivity index (χ2n) is 8.32. The SMILES string of the molecule is CC(C)[C@H](Nc1nc(CN2CCN(C(=O)c3cccs3)CC2)nc2ccccc12)C(N)=O. The minimum absolute atomic E-state index is 0.0265. The van der Waals surface area contributed by atoms with Crippen LogP contribution in [-0.2, 0) is 11.3 Å². The molecule has 2 amide bonds. The Morgan fingerprint density at radius 1 is 1.09 bits per heavy atom. The van der Waals surface area contributed by atoms with Gasteiger partial charge in [0.05, 0.1) is 16.9 Å². The molecule has 9 heteroatoms. The number of fused-ring (bicyclic) bond motifs is 1. The van der Waals surface area contributed by atoms with Gasteiger partial charge in [-0.15, -0.1) is 11.3 Å². The fourth-order valence-corrected chi connectivity index (χ4v) is 4.58. The number of nitrogens with one attached hydrogen (secondary N) is 1. The highest BCUT2D eigenvalue weighted by Crippen LogP contribution is 2.23. The van der Waals surface area contributed by atoms with Crippen LogP contribution in [0.1, 0.15) is 29.3 Å². The number of hydrogen-bond acceptors (Lipinski definition) is 7. The number of benzene rings is 1. The summed E-state index contributed by atoms with van der Waals surface area (Å²) in [6.07, 6.45) is 0. The summed E-state index contributed by atoms with van der Waals surface area (Å²) in [7, 11) is 0. The highest BCUT2D eigenvalue weighted by Gasteiger charge is 2.24. The highest BCUT2D eigenvalue weighted by molar-refractivity contribution is 7.12. The van der Waals surface area contributed by atoms with Gasteiger partial charge < -0.3 is 16.0 Å². The zero-order chi connectivity index (χ0) is 22.7. The molecule has 3 heterocycles. The van der Waals surface area contributed by atoms with E-state index >= 15 is 0 Å². The average Bonchev–Trinajstić information content (AvgIpc) is 3.32. The number of anilines is 1. The Morgan fingerprint density at radius 3 is 2.50 bits per heavy atom. The Bertz CT molecular complexity index is 1090. The summed E-state index contributed by atoms with van der Waals surface area (Å²) in [5.74, 6) is 1.01. The first-order chi connectivity index (χ1) is 15.4. The number of piperazine rings is 1. The third-order valence-electron chi connectivity index (χ3n) is 5.67. The van der Waals surface area contributed by atoms with Gasteiger partial charge in [0.2, 0.25) is 5.91 Å². The molecule has 0 radical (unpaired) electrons. The number of carbonyl (C=O) groups is 2. The van der Waals surface area contributed by atoms with E-state index in [1.807, 2.05) is 60.5 Å². The van der Waals surface area contributed by atoms with Crippen molar-refractivity contribution in [1.29, 1.82) is 0 Å². The van der Waals surface area contributed by atoms with Gasteiger partial charge in [-0.1, -0.05) is 32.0 Å². The Hall–Kier alpha value is -3.04. The topological polar surface area (TPSA) is 104 Å². The van der Waals surface area contributed by atoms with Crippen molar-refractivity contribution in [2.24, 2.45) is 11.7 Å². The Balaban J connectivity index is 1.49. The number of nitrogens with zero attached hydrogens (tertiary/aromatic N) is 4. The van der Waals surface area contributed by atoms with Gasteiger partial charge in [0.15, 0.2) is 0 Å².